The van der Waals surface area contributed by atoms with Crippen LogP contribution in [0.1, 0.15) is 12.1 Å². The topological polar surface area (TPSA) is 78.0 Å². The zero-order valence-electron chi connectivity index (χ0n) is 15.3. The molecule has 2 N–H and O–H groups in total. The van der Waals surface area contributed by atoms with Gasteiger partial charge in [0.2, 0.25) is 12.2 Å². The SMILES string of the molecule is Cc1cn(CCCN/C(=N/C#N)Nc2ccc(-c3ccccc3)cc2)cn1. The maximum absolute atomic E-state index is 8.91. The third-order valence-corrected chi connectivity index (χ3v) is 4.06. The Bertz CT molecular complexity index is 919. The van der Waals surface area contributed by atoms with Crippen molar-refractivity contribution >= 4 is 11.6 Å². The van der Waals surface area contributed by atoms with E-state index in [2.05, 4.69) is 32.7 Å². The van der Waals surface area contributed by atoms with Gasteiger partial charge in [0.15, 0.2) is 0 Å². The van der Waals surface area contributed by atoms with Gasteiger partial charge < -0.3 is 15.2 Å². The van der Waals surface area contributed by atoms with Crippen LogP contribution in [-0.2, 0) is 6.54 Å². The molecule has 136 valence electrons. The number of anilines is 1. The molecule has 0 spiro atoms. The number of guanidine groups is 1. The molecule has 0 unspecified atom stereocenters. The van der Waals surface area contributed by atoms with Crippen LogP contribution in [0, 0.1) is 18.4 Å². The van der Waals surface area contributed by atoms with E-state index in [1.54, 1.807) is 0 Å². The molecule has 0 fully saturated rings. The molecule has 0 saturated heterocycles. The number of rotatable bonds is 6. The highest BCUT2D eigenvalue weighted by Gasteiger charge is 2.02. The lowest BCUT2D eigenvalue weighted by Gasteiger charge is -2.12. The van der Waals surface area contributed by atoms with E-state index in [0.717, 1.165) is 29.9 Å². The number of nitrogens with zero attached hydrogens (tertiary/aromatic N) is 4. The van der Waals surface area contributed by atoms with E-state index in [9.17, 15) is 0 Å². The molecule has 1 aromatic heterocycles. The largest absolute Gasteiger partial charge is 0.355 e. The van der Waals surface area contributed by atoms with E-state index < -0.39 is 0 Å². The average Bonchev–Trinajstić information content (AvgIpc) is 3.12. The fraction of sp³-hybridized carbons (Fsp3) is 0.190. The van der Waals surface area contributed by atoms with Gasteiger partial charge in [0.25, 0.3) is 0 Å². The number of aliphatic imine (C=N–C) groups is 1. The Balaban J connectivity index is 1.53. The summed E-state index contributed by atoms with van der Waals surface area (Å²) in [5, 5.41) is 15.2. The molecule has 6 nitrogen and oxygen atoms in total. The first-order valence-corrected chi connectivity index (χ1v) is 8.86. The van der Waals surface area contributed by atoms with Crippen LogP contribution in [-0.4, -0.2) is 22.1 Å². The van der Waals surface area contributed by atoms with Crippen LogP contribution in [0.2, 0.25) is 0 Å². The van der Waals surface area contributed by atoms with Crippen molar-refractivity contribution in [2.24, 2.45) is 4.99 Å². The van der Waals surface area contributed by atoms with Crippen LogP contribution in [0.5, 0.6) is 0 Å². The van der Waals surface area contributed by atoms with E-state index in [4.69, 9.17) is 5.26 Å². The number of benzene rings is 2. The zero-order valence-corrected chi connectivity index (χ0v) is 15.3. The smallest absolute Gasteiger partial charge is 0.211 e. The van der Waals surface area contributed by atoms with Crippen LogP contribution in [0.3, 0.4) is 0 Å². The Hall–Kier alpha value is -3.59. The Labute approximate surface area is 159 Å². The highest BCUT2D eigenvalue weighted by molar-refractivity contribution is 5.94. The number of nitrogens with one attached hydrogen (secondary N) is 2. The lowest BCUT2D eigenvalue weighted by molar-refractivity contribution is 0.630. The molecule has 0 aliphatic heterocycles. The van der Waals surface area contributed by atoms with Gasteiger partial charge in [-0.1, -0.05) is 42.5 Å². The van der Waals surface area contributed by atoms with Gasteiger partial charge in [0.1, 0.15) is 0 Å². The van der Waals surface area contributed by atoms with Crippen molar-refractivity contribution in [1.82, 2.24) is 14.9 Å². The molecule has 2 aromatic carbocycles. The Morgan fingerprint density at radius 2 is 1.85 bits per heavy atom. The van der Waals surface area contributed by atoms with Gasteiger partial charge in [0, 0.05) is 25.0 Å². The number of hydrogen-bond donors (Lipinski definition) is 2. The predicted molar refractivity (Wildman–Crippen MR) is 108 cm³/mol. The molecule has 0 atom stereocenters. The van der Waals surface area contributed by atoms with Gasteiger partial charge in [-0.2, -0.15) is 5.26 Å². The quantitative estimate of drug-likeness (QED) is 0.304. The summed E-state index contributed by atoms with van der Waals surface area (Å²) in [6.07, 6.45) is 6.57. The maximum atomic E-state index is 8.91. The van der Waals surface area contributed by atoms with Crippen molar-refractivity contribution in [3.63, 3.8) is 0 Å². The predicted octanol–water partition coefficient (Wildman–Crippen LogP) is 3.79. The molecule has 0 aliphatic carbocycles. The lowest BCUT2D eigenvalue weighted by atomic mass is 10.1. The molecule has 1 heterocycles. The van der Waals surface area contributed by atoms with Crippen molar-refractivity contribution in [2.75, 3.05) is 11.9 Å². The Morgan fingerprint density at radius 3 is 2.52 bits per heavy atom. The molecule has 6 heteroatoms. The standard InChI is InChI=1S/C21H22N6/c1-17-14-27(16-25-17)13-5-12-23-21(24-15-22)26-20-10-8-19(9-11-20)18-6-3-2-4-7-18/h2-4,6-11,14,16H,5,12-13H2,1H3,(H2,23,24,26). The van der Waals surface area contributed by atoms with Crippen molar-refractivity contribution in [3.05, 3.63) is 72.8 Å². The summed E-state index contributed by atoms with van der Waals surface area (Å²) in [5.41, 5.74) is 4.20. The van der Waals surface area contributed by atoms with Crippen molar-refractivity contribution in [3.8, 4) is 17.3 Å². The minimum atomic E-state index is 0.451. The van der Waals surface area contributed by atoms with Crippen molar-refractivity contribution in [1.29, 1.82) is 5.26 Å². The van der Waals surface area contributed by atoms with Crippen LogP contribution in [0.4, 0.5) is 5.69 Å². The number of aryl methyl sites for hydroxylation is 2. The minimum absolute atomic E-state index is 0.451. The normalized spacial score (nSPS) is 11.0. The molecule has 27 heavy (non-hydrogen) atoms. The van der Waals surface area contributed by atoms with Gasteiger partial charge in [-0.15, -0.1) is 4.99 Å². The summed E-state index contributed by atoms with van der Waals surface area (Å²) >= 11 is 0. The molecular formula is C21H22N6. The molecule has 0 amide bonds. The van der Waals surface area contributed by atoms with E-state index in [1.165, 1.54) is 5.56 Å². The molecule has 0 bridgehead atoms. The summed E-state index contributed by atoms with van der Waals surface area (Å²) in [6, 6.07) is 18.2. The Morgan fingerprint density at radius 1 is 1.11 bits per heavy atom. The number of hydrogen-bond acceptors (Lipinski definition) is 3. The molecule has 0 radical (unpaired) electrons. The molecular weight excluding hydrogens is 336 g/mol. The highest BCUT2D eigenvalue weighted by Crippen LogP contribution is 2.20. The third-order valence-electron chi connectivity index (χ3n) is 4.06. The maximum Gasteiger partial charge on any atom is 0.211 e. The van der Waals surface area contributed by atoms with Gasteiger partial charge in [-0.25, -0.2) is 4.98 Å². The number of imidazole rings is 1. The second-order valence-corrected chi connectivity index (χ2v) is 6.16. The van der Waals surface area contributed by atoms with E-state index in [1.807, 2.05) is 72.7 Å². The third kappa shape index (κ3) is 5.44. The average molecular weight is 358 g/mol. The number of nitriles is 1. The van der Waals surface area contributed by atoms with Gasteiger partial charge >= 0.3 is 0 Å². The summed E-state index contributed by atoms with van der Waals surface area (Å²) in [4.78, 5) is 8.04. The second kappa shape index (κ2) is 9.20. The van der Waals surface area contributed by atoms with Gasteiger partial charge in [-0.05, 0) is 36.6 Å². The highest BCUT2D eigenvalue weighted by atomic mass is 15.2. The monoisotopic (exact) mass is 358 g/mol. The molecule has 0 aliphatic rings. The van der Waals surface area contributed by atoms with Crippen molar-refractivity contribution in [2.45, 2.75) is 19.9 Å². The second-order valence-electron chi connectivity index (χ2n) is 6.16. The summed E-state index contributed by atoms with van der Waals surface area (Å²) in [5.74, 6) is 0.451. The van der Waals surface area contributed by atoms with E-state index >= 15 is 0 Å². The van der Waals surface area contributed by atoms with Crippen LogP contribution >= 0.6 is 0 Å². The fourth-order valence-corrected chi connectivity index (χ4v) is 2.74. The summed E-state index contributed by atoms with van der Waals surface area (Å²) in [6.45, 7) is 3.53. The number of aromatic nitrogens is 2. The van der Waals surface area contributed by atoms with Crippen molar-refractivity contribution < 1.29 is 0 Å². The van der Waals surface area contributed by atoms with E-state index in [-0.39, 0.29) is 0 Å². The molecule has 3 aromatic rings. The van der Waals surface area contributed by atoms with E-state index in [0.29, 0.717) is 12.5 Å². The Kier molecular flexibility index (Phi) is 6.21. The van der Waals surface area contributed by atoms with Crippen LogP contribution in [0.25, 0.3) is 11.1 Å². The van der Waals surface area contributed by atoms with Crippen LogP contribution in [0.15, 0.2) is 72.1 Å². The van der Waals surface area contributed by atoms with Gasteiger partial charge in [0.05, 0.1) is 12.0 Å². The first-order chi connectivity index (χ1) is 13.2. The zero-order chi connectivity index (χ0) is 18.9. The summed E-state index contributed by atoms with van der Waals surface area (Å²) in [7, 11) is 0. The summed E-state index contributed by atoms with van der Waals surface area (Å²) < 4.78 is 2.05. The molecule has 3 rings (SSSR count). The fourth-order valence-electron chi connectivity index (χ4n) is 2.74. The first kappa shape index (κ1) is 18.2. The van der Waals surface area contributed by atoms with Gasteiger partial charge in [-0.3, -0.25) is 0 Å². The lowest BCUT2D eigenvalue weighted by Crippen LogP contribution is -2.31. The minimum Gasteiger partial charge on any atom is -0.355 e. The molecule has 0 saturated carbocycles. The van der Waals surface area contributed by atoms with Crippen LogP contribution < -0.4 is 10.6 Å². The first-order valence-electron chi connectivity index (χ1n) is 8.86.